The first-order chi connectivity index (χ1) is 7.52. The number of hydrogen-bond donors (Lipinski definition) is 3. The second-order valence-corrected chi connectivity index (χ2v) is 5.96. The molecule has 1 aliphatic rings. The highest BCUT2D eigenvalue weighted by molar-refractivity contribution is 7.89. The smallest absolute Gasteiger partial charge is 0.243 e. The van der Waals surface area contributed by atoms with Crippen LogP contribution in [0.1, 0.15) is 25.7 Å². The van der Waals surface area contributed by atoms with Crippen LogP contribution >= 0.6 is 0 Å². The second-order valence-electron chi connectivity index (χ2n) is 4.19. The molecule has 1 aliphatic carbocycles. The normalized spacial score (nSPS) is 20.1. The summed E-state index contributed by atoms with van der Waals surface area (Å²) in [6.07, 6.45) is 5.75. The van der Waals surface area contributed by atoms with E-state index in [1.165, 1.54) is 12.4 Å². The van der Waals surface area contributed by atoms with Crippen LogP contribution < -0.4 is 4.72 Å². The summed E-state index contributed by atoms with van der Waals surface area (Å²) in [7, 11) is -3.55. The Morgan fingerprint density at radius 1 is 1.50 bits per heavy atom. The minimum atomic E-state index is -3.55. The molecule has 0 radical (unpaired) electrons. The summed E-state index contributed by atoms with van der Waals surface area (Å²) in [5, 5.41) is 16.0. The maximum absolute atomic E-state index is 11.7. The van der Waals surface area contributed by atoms with Gasteiger partial charge in [-0.15, -0.1) is 0 Å². The molecule has 1 saturated carbocycles. The Kier molecular flexibility index (Phi) is 3.00. The van der Waals surface area contributed by atoms with E-state index in [0.29, 0.717) is 12.8 Å². The maximum atomic E-state index is 11.7. The largest absolute Gasteiger partial charge is 0.389 e. The summed E-state index contributed by atoms with van der Waals surface area (Å²) < 4.78 is 25.8. The van der Waals surface area contributed by atoms with Gasteiger partial charge in [0.15, 0.2) is 0 Å². The minimum absolute atomic E-state index is 0.0700. The van der Waals surface area contributed by atoms with Gasteiger partial charge in [-0.1, -0.05) is 12.8 Å². The summed E-state index contributed by atoms with van der Waals surface area (Å²) >= 11 is 0. The molecule has 0 saturated heterocycles. The van der Waals surface area contributed by atoms with Gasteiger partial charge < -0.3 is 5.11 Å². The number of sulfonamides is 1. The molecule has 7 heteroatoms. The van der Waals surface area contributed by atoms with E-state index in [2.05, 4.69) is 14.9 Å². The molecular weight excluding hydrogens is 230 g/mol. The first kappa shape index (κ1) is 11.6. The van der Waals surface area contributed by atoms with Crippen molar-refractivity contribution in [1.29, 1.82) is 0 Å². The number of H-pyrrole nitrogens is 1. The van der Waals surface area contributed by atoms with Crippen molar-refractivity contribution in [2.75, 3.05) is 6.54 Å². The Morgan fingerprint density at radius 2 is 2.19 bits per heavy atom. The van der Waals surface area contributed by atoms with E-state index in [1.54, 1.807) is 0 Å². The lowest BCUT2D eigenvalue weighted by Crippen LogP contribution is -2.40. The average Bonchev–Trinajstić information content (AvgIpc) is 2.86. The number of aromatic amines is 1. The van der Waals surface area contributed by atoms with Gasteiger partial charge in [0.1, 0.15) is 4.90 Å². The van der Waals surface area contributed by atoms with Crippen LogP contribution in [0.5, 0.6) is 0 Å². The monoisotopic (exact) mass is 245 g/mol. The fourth-order valence-electron chi connectivity index (χ4n) is 1.91. The molecule has 0 spiro atoms. The van der Waals surface area contributed by atoms with E-state index in [4.69, 9.17) is 0 Å². The number of nitrogens with one attached hydrogen (secondary N) is 2. The van der Waals surface area contributed by atoms with E-state index in [-0.39, 0.29) is 11.4 Å². The zero-order valence-corrected chi connectivity index (χ0v) is 9.63. The van der Waals surface area contributed by atoms with Crippen LogP contribution in [0, 0.1) is 0 Å². The van der Waals surface area contributed by atoms with Crippen molar-refractivity contribution in [2.24, 2.45) is 0 Å². The van der Waals surface area contributed by atoms with Gasteiger partial charge in [-0.05, 0) is 12.8 Å². The average molecular weight is 245 g/mol. The number of rotatable bonds is 4. The molecular formula is C9H15N3O3S. The van der Waals surface area contributed by atoms with Crippen LogP contribution in [0.4, 0.5) is 0 Å². The molecule has 16 heavy (non-hydrogen) atoms. The molecule has 2 rings (SSSR count). The van der Waals surface area contributed by atoms with Gasteiger partial charge in [-0.2, -0.15) is 5.10 Å². The summed E-state index contributed by atoms with van der Waals surface area (Å²) in [5.74, 6) is 0. The topological polar surface area (TPSA) is 95.1 Å². The molecule has 1 fully saturated rings. The van der Waals surface area contributed by atoms with Crippen LogP contribution in [0.25, 0.3) is 0 Å². The Hall–Kier alpha value is -0.920. The highest BCUT2D eigenvalue weighted by atomic mass is 32.2. The van der Waals surface area contributed by atoms with Crippen molar-refractivity contribution in [2.45, 2.75) is 36.2 Å². The maximum Gasteiger partial charge on any atom is 0.243 e. The Balaban J connectivity index is 2.00. The third-order valence-electron chi connectivity index (χ3n) is 2.91. The first-order valence-corrected chi connectivity index (χ1v) is 6.71. The molecule has 0 aliphatic heterocycles. The Labute approximate surface area is 94.1 Å². The molecule has 0 aromatic carbocycles. The highest BCUT2D eigenvalue weighted by Gasteiger charge is 2.32. The fourth-order valence-corrected chi connectivity index (χ4v) is 2.93. The predicted molar refractivity (Wildman–Crippen MR) is 57.2 cm³/mol. The van der Waals surface area contributed by atoms with Gasteiger partial charge in [-0.25, -0.2) is 13.1 Å². The lowest BCUT2D eigenvalue weighted by molar-refractivity contribution is 0.0532. The first-order valence-electron chi connectivity index (χ1n) is 5.23. The number of hydrogen-bond acceptors (Lipinski definition) is 4. The summed E-state index contributed by atoms with van der Waals surface area (Å²) in [4.78, 5) is 0.0918. The molecule has 0 amide bonds. The summed E-state index contributed by atoms with van der Waals surface area (Å²) in [6.45, 7) is 0.0700. The molecule has 90 valence electrons. The van der Waals surface area contributed by atoms with E-state index in [0.717, 1.165) is 12.8 Å². The predicted octanol–water partition coefficient (Wildman–Crippen LogP) is -0.00690. The summed E-state index contributed by atoms with van der Waals surface area (Å²) in [6, 6.07) is 0. The standard InChI is InChI=1S/C9H15N3O3S/c13-9(3-1-2-4-9)7-12-16(14,15)8-5-10-11-6-8/h5-6,12-13H,1-4,7H2,(H,10,11). The van der Waals surface area contributed by atoms with Crippen LogP contribution in [-0.4, -0.2) is 35.9 Å². The van der Waals surface area contributed by atoms with E-state index in [9.17, 15) is 13.5 Å². The van der Waals surface area contributed by atoms with Crippen LogP contribution in [0.15, 0.2) is 17.3 Å². The van der Waals surface area contributed by atoms with Gasteiger partial charge in [0, 0.05) is 12.7 Å². The number of aromatic nitrogens is 2. The molecule has 3 N–H and O–H groups in total. The van der Waals surface area contributed by atoms with Crippen molar-refractivity contribution in [3.05, 3.63) is 12.4 Å². The fraction of sp³-hybridized carbons (Fsp3) is 0.667. The van der Waals surface area contributed by atoms with Crippen molar-refractivity contribution < 1.29 is 13.5 Å². The molecule has 0 atom stereocenters. The van der Waals surface area contributed by atoms with E-state index in [1.807, 2.05) is 0 Å². The van der Waals surface area contributed by atoms with Gasteiger partial charge in [0.05, 0.1) is 11.8 Å². The molecule has 1 aromatic heterocycles. The van der Waals surface area contributed by atoms with E-state index < -0.39 is 15.6 Å². The Bertz CT molecular complexity index is 435. The quantitative estimate of drug-likeness (QED) is 0.695. The zero-order chi connectivity index (χ0) is 11.6. The second kappa shape index (κ2) is 4.15. The SMILES string of the molecule is O=S(=O)(NCC1(O)CCCC1)c1cn[nH]c1. The van der Waals surface area contributed by atoms with Crippen LogP contribution in [0.2, 0.25) is 0 Å². The Morgan fingerprint density at radius 3 is 2.75 bits per heavy atom. The van der Waals surface area contributed by atoms with Crippen molar-refractivity contribution >= 4 is 10.0 Å². The van der Waals surface area contributed by atoms with Crippen molar-refractivity contribution in [3.63, 3.8) is 0 Å². The van der Waals surface area contributed by atoms with Gasteiger partial charge >= 0.3 is 0 Å². The third kappa shape index (κ3) is 2.42. The lowest BCUT2D eigenvalue weighted by atomic mass is 10.0. The van der Waals surface area contributed by atoms with Crippen LogP contribution in [0.3, 0.4) is 0 Å². The van der Waals surface area contributed by atoms with Gasteiger partial charge in [0.2, 0.25) is 10.0 Å². The number of nitrogens with zero attached hydrogens (tertiary/aromatic N) is 1. The molecule has 1 aromatic rings. The minimum Gasteiger partial charge on any atom is -0.389 e. The van der Waals surface area contributed by atoms with E-state index >= 15 is 0 Å². The molecule has 0 unspecified atom stereocenters. The molecule has 6 nitrogen and oxygen atoms in total. The summed E-state index contributed by atoms with van der Waals surface area (Å²) in [5.41, 5.74) is -0.878. The lowest BCUT2D eigenvalue weighted by Gasteiger charge is -2.21. The zero-order valence-electron chi connectivity index (χ0n) is 8.81. The van der Waals surface area contributed by atoms with Crippen molar-refractivity contribution in [1.82, 2.24) is 14.9 Å². The highest BCUT2D eigenvalue weighted by Crippen LogP contribution is 2.28. The third-order valence-corrected chi connectivity index (χ3v) is 4.28. The van der Waals surface area contributed by atoms with Gasteiger partial charge in [-0.3, -0.25) is 5.10 Å². The molecule has 0 bridgehead atoms. The number of aliphatic hydroxyl groups is 1. The van der Waals surface area contributed by atoms with Crippen LogP contribution in [-0.2, 0) is 10.0 Å². The molecule has 1 heterocycles. The van der Waals surface area contributed by atoms with Gasteiger partial charge in [0.25, 0.3) is 0 Å². The van der Waals surface area contributed by atoms with Crippen molar-refractivity contribution in [3.8, 4) is 0 Å².